The summed E-state index contributed by atoms with van der Waals surface area (Å²) in [6, 6.07) is 6.15. The van der Waals surface area contributed by atoms with Crippen LogP contribution in [0.2, 0.25) is 0 Å². The Morgan fingerprint density at radius 1 is 1.10 bits per heavy atom. The lowest BCUT2D eigenvalue weighted by Gasteiger charge is -2.07. The second-order valence-corrected chi connectivity index (χ2v) is 3.80. The van der Waals surface area contributed by atoms with Crippen LogP contribution in [-0.2, 0) is 4.79 Å². The summed E-state index contributed by atoms with van der Waals surface area (Å²) in [5, 5.41) is 4.30. The van der Waals surface area contributed by atoms with Gasteiger partial charge in [-0.2, -0.15) is 0 Å². The van der Waals surface area contributed by atoms with E-state index in [-0.39, 0.29) is 5.76 Å². The van der Waals surface area contributed by atoms with Gasteiger partial charge in [0.05, 0.1) is 12.8 Å². The summed E-state index contributed by atoms with van der Waals surface area (Å²) in [7, 11) is 0. The Kier molecular flexibility index (Phi) is 4.09. The number of benzene rings is 1. The van der Waals surface area contributed by atoms with Crippen molar-refractivity contribution in [3.8, 4) is 0 Å². The maximum atomic E-state index is 13.3. The third kappa shape index (κ3) is 3.19. The average Bonchev–Trinajstić information content (AvgIpc) is 2.94. The molecular weight excluding hydrogens is 270 g/mol. The van der Waals surface area contributed by atoms with Crippen molar-refractivity contribution in [2.75, 3.05) is 11.9 Å². The van der Waals surface area contributed by atoms with Gasteiger partial charge in [-0.3, -0.25) is 9.59 Å². The maximum absolute atomic E-state index is 13.3. The standard InChI is InChI=1S/C13H10F2N2O3/c14-8-3-1-4-9(15)12(8)17-11(18)7-16-13(19)10-5-2-6-20-10/h1-6H,7H2,(H,16,19)(H,17,18). The third-order valence-electron chi connectivity index (χ3n) is 2.38. The SMILES string of the molecule is O=C(CNC(=O)c1ccco1)Nc1c(F)cccc1F. The van der Waals surface area contributed by atoms with Crippen molar-refractivity contribution in [3.05, 3.63) is 54.0 Å². The van der Waals surface area contributed by atoms with E-state index in [9.17, 15) is 18.4 Å². The Bertz CT molecular complexity index is 606. The van der Waals surface area contributed by atoms with Gasteiger partial charge in [0, 0.05) is 0 Å². The lowest BCUT2D eigenvalue weighted by atomic mass is 10.3. The Balaban J connectivity index is 1.92. The van der Waals surface area contributed by atoms with Crippen LogP contribution in [0.5, 0.6) is 0 Å². The highest BCUT2D eigenvalue weighted by Gasteiger charge is 2.14. The summed E-state index contributed by atoms with van der Waals surface area (Å²) < 4.78 is 31.4. The fraction of sp³-hybridized carbons (Fsp3) is 0.0769. The molecule has 0 radical (unpaired) electrons. The summed E-state index contributed by atoms with van der Waals surface area (Å²) in [6.07, 6.45) is 1.31. The summed E-state index contributed by atoms with van der Waals surface area (Å²) in [5.41, 5.74) is -0.551. The van der Waals surface area contributed by atoms with Gasteiger partial charge in [-0.25, -0.2) is 8.78 Å². The van der Waals surface area contributed by atoms with Crippen LogP contribution in [0.4, 0.5) is 14.5 Å². The molecule has 0 aliphatic rings. The van der Waals surface area contributed by atoms with Gasteiger partial charge in [-0.1, -0.05) is 6.07 Å². The van der Waals surface area contributed by atoms with Gasteiger partial charge in [0.1, 0.15) is 17.3 Å². The van der Waals surface area contributed by atoms with Crippen LogP contribution in [0.15, 0.2) is 41.0 Å². The van der Waals surface area contributed by atoms with Crippen LogP contribution in [-0.4, -0.2) is 18.4 Å². The van der Waals surface area contributed by atoms with Crippen LogP contribution in [0.25, 0.3) is 0 Å². The molecule has 0 saturated heterocycles. The molecule has 2 rings (SSSR count). The zero-order chi connectivity index (χ0) is 14.5. The Morgan fingerprint density at radius 2 is 1.80 bits per heavy atom. The van der Waals surface area contributed by atoms with E-state index in [2.05, 4.69) is 5.32 Å². The molecule has 20 heavy (non-hydrogen) atoms. The summed E-state index contributed by atoms with van der Waals surface area (Å²) in [5.74, 6) is -3.10. The molecule has 0 spiro atoms. The first-order valence-corrected chi connectivity index (χ1v) is 5.63. The first kappa shape index (κ1) is 13.7. The molecule has 2 aromatic rings. The Labute approximate surface area is 112 Å². The van der Waals surface area contributed by atoms with E-state index in [1.54, 1.807) is 0 Å². The second kappa shape index (κ2) is 5.96. The van der Waals surface area contributed by atoms with E-state index in [4.69, 9.17) is 4.42 Å². The summed E-state index contributed by atoms with van der Waals surface area (Å²) in [6.45, 7) is -0.437. The number of nitrogens with one attached hydrogen (secondary N) is 2. The molecule has 1 heterocycles. The summed E-state index contributed by atoms with van der Waals surface area (Å²) in [4.78, 5) is 23.0. The molecule has 2 N–H and O–H groups in total. The molecule has 0 aliphatic carbocycles. The monoisotopic (exact) mass is 280 g/mol. The van der Waals surface area contributed by atoms with Crippen molar-refractivity contribution in [1.29, 1.82) is 0 Å². The number of hydrogen-bond donors (Lipinski definition) is 2. The highest BCUT2D eigenvalue weighted by atomic mass is 19.1. The molecule has 2 amide bonds. The average molecular weight is 280 g/mol. The molecule has 0 unspecified atom stereocenters. The Hall–Kier alpha value is -2.70. The lowest BCUT2D eigenvalue weighted by Crippen LogP contribution is -2.33. The number of hydrogen-bond acceptors (Lipinski definition) is 3. The Morgan fingerprint density at radius 3 is 2.40 bits per heavy atom. The predicted molar refractivity (Wildman–Crippen MR) is 66.0 cm³/mol. The molecule has 104 valence electrons. The van der Waals surface area contributed by atoms with E-state index in [1.165, 1.54) is 24.5 Å². The zero-order valence-corrected chi connectivity index (χ0v) is 10.2. The molecule has 0 aliphatic heterocycles. The number of amides is 2. The van der Waals surface area contributed by atoms with Crippen LogP contribution in [0.1, 0.15) is 10.6 Å². The molecule has 7 heteroatoms. The minimum Gasteiger partial charge on any atom is -0.459 e. The van der Waals surface area contributed by atoms with Gasteiger partial charge in [0.2, 0.25) is 5.91 Å². The van der Waals surface area contributed by atoms with Crippen molar-refractivity contribution >= 4 is 17.5 Å². The van der Waals surface area contributed by atoms with Crippen LogP contribution in [0, 0.1) is 11.6 Å². The topological polar surface area (TPSA) is 71.3 Å². The minimum absolute atomic E-state index is 0.0369. The van der Waals surface area contributed by atoms with E-state index in [0.717, 1.165) is 12.1 Å². The van der Waals surface area contributed by atoms with Crippen LogP contribution < -0.4 is 10.6 Å². The number of carbonyl (C=O) groups is 2. The van der Waals surface area contributed by atoms with Gasteiger partial charge in [0.15, 0.2) is 5.76 Å². The zero-order valence-electron chi connectivity index (χ0n) is 10.2. The van der Waals surface area contributed by atoms with Crippen LogP contribution >= 0.6 is 0 Å². The summed E-state index contributed by atoms with van der Waals surface area (Å²) >= 11 is 0. The lowest BCUT2D eigenvalue weighted by molar-refractivity contribution is -0.115. The fourth-order valence-electron chi connectivity index (χ4n) is 1.46. The van der Waals surface area contributed by atoms with Gasteiger partial charge in [-0.05, 0) is 24.3 Å². The molecule has 5 nitrogen and oxygen atoms in total. The molecule has 0 bridgehead atoms. The minimum atomic E-state index is -0.893. The highest BCUT2D eigenvalue weighted by Crippen LogP contribution is 2.17. The number of para-hydroxylation sites is 1. The molecule has 1 aromatic heterocycles. The number of anilines is 1. The normalized spacial score (nSPS) is 10.1. The molecular formula is C13H10F2N2O3. The molecule has 0 fully saturated rings. The van der Waals surface area contributed by atoms with Gasteiger partial charge < -0.3 is 15.1 Å². The van der Waals surface area contributed by atoms with Crippen molar-refractivity contribution in [3.63, 3.8) is 0 Å². The number of rotatable bonds is 4. The van der Waals surface area contributed by atoms with Crippen molar-refractivity contribution in [2.45, 2.75) is 0 Å². The van der Waals surface area contributed by atoms with Crippen molar-refractivity contribution < 1.29 is 22.8 Å². The highest BCUT2D eigenvalue weighted by molar-refractivity contribution is 5.98. The maximum Gasteiger partial charge on any atom is 0.287 e. The van der Waals surface area contributed by atoms with E-state index in [0.29, 0.717) is 0 Å². The first-order valence-electron chi connectivity index (χ1n) is 5.63. The van der Waals surface area contributed by atoms with E-state index >= 15 is 0 Å². The quantitative estimate of drug-likeness (QED) is 0.898. The number of carbonyl (C=O) groups excluding carboxylic acids is 2. The molecule has 0 saturated carbocycles. The number of furan rings is 1. The van der Waals surface area contributed by atoms with Crippen molar-refractivity contribution in [1.82, 2.24) is 5.32 Å². The smallest absolute Gasteiger partial charge is 0.287 e. The second-order valence-electron chi connectivity index (χ2n) is 3.80. The number of halogens is 2. The fourth-order valence-corrected chi connectivity index (χ4v) is 1.46. The van der Waals surface area contributed by atoms with Gasteiger partial charge in [-0.15, -0.1) is 0 Å². The van der Waals surface area contributed by atoms with Gasteiger partial charge in [0.25, 0.3) is 5.91 Å². The first-order chi connectivity index (χ1) is 9.58. The van der Waals surface area contributed by atoms with Gasteiger partial charge >= 0.3 is 0 Å². The third-order valence-corrected chi connectivity index (χ3v) is 2.38. The largest absolute Gasteiger partial charge is 0.459 e. The van der Waals surface area contributed by atoms with E-state index in [1.807, 2.05) is 5.32 Å². The molecule has 1 aromatic carbocycles. The van der Waals surface area contributed by atoms with E-state index < -0.39 is 35.7 Å². The van der Waals surface area contributed by atoms with Crippen LogP contribution in [0.3, 0.4) is 0 Å². The van der Waals surface area contributed by atoms with Crippen molar-refractivity contribution in [2.24, 2.45) is 0 Å². The molecule has 0 atom stereocenters. The predicted octanol–water partition coefficient (Wildman–Crippen LogP) is 1.93.